The zero-order chi connectivity index (χ0) is 12.4. The van der Waals surface area contributed by atoms with E-state index in [-0.39, 0.29) is 18.0 Å². The maximum Gasteiger partial charge on any atom is 0.147 e. The molecule has 0 saturated carbocycles. The van der Waals surface area contributed by atoms with Crippen LogP contribution in [0.5, 0.6) is 0 Å². The van der Waals surface area contributed by atoms with Gasteiger partial charge in [0.15, 0.2) is 0 Å². The predicted molar refractivity (Wildman–Crippen MR) is 63.3 cm³/mol. The summed E-state index contributed by atoms with van der Waals surface area (Å²) in [6.45, 7) is 5.30. The number of morpholine rings is 1. The van der Waals surface area contributed by atoms with Gasteiger partial charge in [0.05, 0.1) is 29.5 Å². The van der Waals surface area contributed by atoms with Crippen molar-refractivity contribution in [2.75, 3.05) is 18.0 Å². The second-order valence-electron chi connectivity index (χ2n) is 4.44. The Kier molecular flexibility index (Phi) is 3.30. The van der Waals surface area contributed by atoms with Gasteiger partial charge in [-0.25, -0.2) is 4.39 Å². The number of hydrogen-bond donors (Lipinski definition) is 0. The third-order valence-corrected chi connectivity index (χ3v) is 2.84. The number of anilines is 1. The van der Waals surface area contributed by atoms with Crippen LogP contribution in [0.25, 0.3) is 0 Å². The van der Waals surface area contributed by atoms with Crippen LogP contribution in [-0.4, -0.2) is 25.3 Å². The molecule has 2 rings (SSSR count). The number of benzene rings is 1. The van der Waals surface area contributed by atoms with Crippen LogP contribution in [-0.2, 0) is 4.74 Å². The first-order valence-corrected chi connectivity index (χ1v) is 5.70. The van der Waals surface area contributed by atoms with Crippen molar-refractivity contribution in [3.63, 3.8) is 0 Å². The molecule has 1 aromatic rings. The molecule has 3 nitrogen and oxygen atoms in total. The fraction of sp³-hybridized carbons (Fsp3) is 0.462. The highest BCUT2D eigenvalue weighted by Crippen LogP contribution is 2.24. The molecule has 4 heteroatoms. The molecule has 0 amide bonds. The number of nitriles is 1. The largest absolute Gasteiger partial charge is 0.372 e. The summed E-state index contributed by atoms with van der Waals surface area (Å²) in [6, 6.07) is 6.52. The number of rotatable bonds is 1. The van der Waals surface area contributed by atoms with Crippen LogP contribution >= 0.6 is 0 Å². The molecular weight excluding hydrogens is 219 g/mol. The van der Waals surface area contributed by atoms with Gasteiger partial charge in [0.2, 0.25) is 0 Å². The lowest BCUT2D eigenvalue weighted by Gasteiger charge is -2.36. The minimum Gasteiger partial charge on any atom is -0.372 e. The van der Waals surface area contributed by atoms with Crippen LogP contribution in [0.15, 0.2) is 18.2 Å². The Hall–Kier alpha value is -1.60. The zero-order valence-corrected chi connectivity index (χ0v) is 9.98. The Bertz CT molecular complexity index is 445. The van der Waals surface area contributed by atoms with E-state index < -0.39 is 0 Å². The first-order chi connectivity index (χ1) is 8.10. The first kappa shape index (κ1) is 11.9. The van der Waals surface area contributed by atoms with E-state index in [4.69, 9.17) is 10.00 Å². The van der Waals surface area contributed by atoms with Crippen molar-refractivity contribution in [3.05, 3.63) is 29.6 Å². The molecule has 17 heavy (non-hydrogen) atoms. The Morgan fingerprint density at radius 1 is 1.35 bits per heavy atom. The lowest BCUT2D eigenvalue weighted by atomic mass is 10.1. The summed E-state index contributed by atoms with van der Waals surface area (Å²) < 4.78 is 19.4. The Morgan fingerprint density at radius 3 is 2.53 bits per heavy atom. The third kappa shape index (κ3) is 2.56. The van der Waals surface area contributed by atoms with Crippen molar-refractivity contribution < 1.29 is 9.13 Å². The summed E-state index contributed by atoms with van der Waals surface area (Å²) in [4.78, 5) is 1.97. The average molecular weight is 234 g/mol. The molecule has 90 valence electrons. The van der Waals surface area contributed by atoms with Crippen LogP contribution < -0.4 is 4.90 Å². The van der Waals surface area contributed by atoms with Gasteiger partial charge < -0.3 is 9.64 Å². The molecule has 0 N–H and O–H groups in total. The molecule has 1 aromatic carbocycles. The highest BCUT2D eigenvalue weighted by molar-refractivity contribution is 5.51. The van der Waals surface area contributed by atoms with Gasteiger partial charge in [-0.15, -0.1) is 0 Å². The van der Waals surface area contributed by atoms with E-state index in [1.807, 2.05) is 24.8 Å². The van der Waals surface area contributed by atoms with E-state index in [0.29, 0.717) is 24.3 Å². The normalized spacial score (nSPS) is 24.5. The molecular formula is C13H15FN2O. The summed E-state index contributed by atoms with van der Waals surface area (Å²) in [6.07, 6.45) is 0.183. The molecule has 1 saturated heterocycles. The van der Waals surface area contributed by atoms with E-state index in [9.17, 15) is 4.39 Å². The number of halogens is 1. The minimum atomic E-state index is -0.342. The summed E-state index contributed by atoms with van der Waals surface area (Å²) in [5.74, 6) is -0.342. The molecule has 0 spiro atoms. The molecule has 2 atom stereocenters. The van der Waals surface area contributed by atoms with Crippen LogP contribution in [0.4, 0.5) is 10.1 Å². The highest BCUT2D eigenvalue weighted by atomic mass is 19.1. The quantitative estimate of drug-likeness (QED) is 0.748. The second kappa shape index (κ2) is 4.72. The van der Waals surface area contributed by atoms with Crippen molar-refractivity contribution in [2.24, 2.45) is 0 Å². The maximum atomic E-state index is 13.8. The van der Waals surface area contributed by atoms with Gasteiger partial charge >= 0.3 is 0 Å². The van der Waals surface area contributed by atoms with Crippen LogP contribution in [0.3, 0.4) is 0 Å². The summed E-state index contributed by atoms with van der Waals surface area (Å²) >= 11 is 0. The van der Waals surface area contributed by atoms with Gasteiger partial charge in [0.25, 0.3) is 0 Å². The predicted octanol–water partition coefficient (Wildman–Crippen LogP) is 2.31. The maximum absolute atomic E-state index is 13.8. The van der Waals surface area contributed by atoms with Gasteiger partial charge in [-0.1, -0.05) is 0 Å². The van der Waals surface area contributed by atoms with Gasteiger partial charge in [-0.05, 0) is 32.0 Å². The van der Waals surface area contributed by atoms with Gasteiger partial charge in [0, 0.05) is 13.1 Å². The van der Waals surface area contributed by atoms with Crippen molar-refractivity contribution in [2.45, 2.75) is 26.1 Å². The molecule has 0 bridgehead atoms. The topological polar surface area (TPSA) is 36.3 Å². The molecule has 1 aliphatic rings. The van der Waals surface area contributed by atoms with Gasteiger partial charge in [-0.2, -0.15) is 5.26 Å². The summed E-state index contributed by atoms with van der Waals surface area (Å²) in [5, 5.41) is 8.70. The lowest BCUT2D eigenvalue weighted by molar-refractivity contribution is -0.00539. The standard InChI is InChI=1S/C13H15FN2O/c1-9-7-16(8-10(2)17-9)13-4-3-11(6-15)5-12(13)14/h3-5,9-10H,7-8H2,1-2H3/t9-,10+. The molecule has 1 heterocycles. The van der Waals surface area contributed by atoms with E-state index in [0.717, 1.165) is 0 Å². The minimum absolute atomic E-state index is 0.0915. The monoisotopic (exact) mass is 234 g/mol. The fourth-order valence-electron chi connectivity index (χ4n) is 2.21. The van der Waals surface area contributed by atoms with E-state index in [2.05, 4.69) is 0 Å². The van der Waals surface area contributed by atoms with Crippen molar-refractivity contribution in [1.82, 2.24) is 0 Å². The van der Waals surface area contributed by atoms with Crippen LogP contribution in [0.1, 0.15) is 19.4 Å². The first-order valence-electron chi connectivity index (χ1n) is 5.70. The summed E-state index contributed by atoms with van der Waals surface area (Å²) in [5.41, 5.74) is 0.895. The molecule has 0 aliphatic carbocycles. The molecule has 1 fully saturated rings. The molecule has 0 aromatic heterocycles. The van der Waals surface area contributed by atoms with Gasteiger partial charge in [0.1, 0.15) is 5.82 Å². The van der Waals surface area contributed by atoms with E-state index in [1.54, 1.807) is 12.1 Å². The van der Waals surface area contributed by atoms with E-state index >= 15 is 0 Å². The van der Waals surface area contributed by atoms with Crippen molar-refractivity contribution >= 4 is 5.69 Å². The number of nitrogens with zero attached hydrogens (tertiary/aromatic N) is 2. The summed E-state index contributed by atoms with van der Waals surface area (Å²) in [7, 11) is 0. The smallest absolute Gasteiger partial charge is 0.147 e. The SMILES string of the molecule is C[C@@H]1CN(c2ccc(C#N)cc2F)C[C@H](C)O1. The van der Waals surface area contributed by atoms with Crippen LogP contribution in [0.2, 0.25) is 0 Å². The van der Waals surface area contributed by atoms with E-state index in [1.165, 1.54) is 6.07 Å². The second-order valence-corrected chi connectivity index (χ2v) is 4.44. The average Bonchev–Trinajstić information content (AvgIpc) is 2.27. The fourth-order valence-corrected chi connectivity index (χ4v) is 2.21. The Labute approximate surface area is 100 Å². The van der Waals surface area contributed by atoms with Gasteiger partial charge in [-0.3, -0.25) is 0 Å². The van der Waals surface area contributed by atoms with Crippen LogP contribution in [0, 0.1) is 17.1 Å². The van der Waals surface area contributed by atoms with Crippen molar-refractivity contribution in [1.29, 1.82) is 5.26 Å². The lowest BCUT2D eigenvalue weighted by Crippen LogP contribution is -2.45. The molecule has 1 aliphatic heterocycles. The number of hydrogen-bond acceptors (Lipinski definition) is 3. The highest BCUT2D eigenvalue weighted by Gasteiger charge is 2.24. The number of ether oxygens (including phenoxy) is 1. The third-order valence-electron chi connectivity index (χ3n) is 2.84. The Morgan fingerprint density at radius 2 is 2.00 bits per heavy atom. The molecule has 0 unspecified atom stereocenters. The molecule has 0 radical (unpaired) electrons. The zero-order valence-electron chi connectivity index (χ0n) is 9.98. The van der Waals surface area contributed by atoms with Crippen molar-refractivity contribution in [3.8, 4) is 6.07 Å². The Balaban J connectivity index is 2.25.